The minimum absolute atomic E-state index is 0. The number of Topliss-reactive ketones (excluding diaryl/α,β-unsaturated/α-hetero) is 1. The maximum Gasteiger partial charge on any atom is 1.00 e. The van der Waals surface area contributed by atoms with E-state index in [1.807, 2.05) is 0 Å². The molecule has 3 fully saturated rings. The first-order chi connectivity index (χ1) is 13.0. The van der Waals surface area contributed by atoms with Crippen molar-refractivity contribution in [2.24, 2.45) is 34.5 Å². The van der Waals surface area contributed by atoms with Crippen LogP contribution in [0.3, 0.4) is 0 Å². The Balaban J connectivity index is 0.00000240. The number of carbonyl (C=O) groups is 1. The van der Waals surface area contributed by atoms with Crippen LogP contribution in [0, 0.1) is 34.5 Å². The molecule has 0 aromatic heterocycles. The van der Waals surface area contributed by atoms with E-state index in [4.69, 9.17) is 0 Å². The van der Waals surface area contributed by atoms with E-state index in [-0.39, 0.29) is 58.2 Å². The molecule has 0 aromatic rings. The summed E-state index contributed by atoms with van der Waals surface area (Å²) < 4.78 is 36.5. The third kappa shape index (κ3) is 4.18. The second-order valence-electron chi connectivity index (χ2n) is 9.97. The molecule has 1 N–H and O–H groups in total. The van der Waals surface area contributed by atoms with Gasteiger partial charge in [0.2, 0.25) is 10.4 Å². The molecule has 4 aliphatic rings. The molecule has 4 aliphatic carbocycles. The van der Waals surface area contributed by atoms with Gasteiger partial charge >= 0.3 is 29.6 Å². The topological polar surface area (TPSA) is 104 Å². The molecule has 0 heterocycles. The monoisotopic (exact) mass is 434 g/mol. The van der Waals surface area contributed by atoms with Crippen LogP contribution in [0.2, 0.25) is 0 Å². The van der Waals surface area contributed by atoms with Crippen molar-refractivity contribution in [3.05, 3.63) is 11.6 Å². The second-order valence-corrected chi connectivity index (χ2v) is 11.0. The Bertz CT molecular complexity index is 795. The van der Waals surface area contributed by atoms with Gasteiger partial charge in [0.05, 0.1) is 6.10 Å². The number of aliphatic hydroxyl groups is 1. The Morgan fingerprint density at radius 2 is 1.93 bits per heavy atom. The smallest absolute Gasteiger partial charge is 0.726 e. The van der Waals surface area contributed by atoms with Gasteiger partial charge in [-0.2, -0.15) is 0 Å². The van der Waals surface area contributed by atoms with Crippen LogP contribution in [-0.4, -0.2) is 36.6 Å². The van der Waals surface area contributed by atoms with Crippen molar-refractivity contribution >= 4 is 16.2 Å². The third-order valence-corrected chi connectivity index (χ3v) is 9.22. The Hall–Kier alpha value is 0.240. The molecule has 0 spiro atoms. The molecule has 0 amide bonds. The molecule has 158 valence electrons. The van der Waals surface area contributed by atoms with E-state index < -0.39 is 17.0 Å². The first-order valence-corrected chi connectivity index (χ1v) is 11.9. The Morgan fingerprint density at radius 3 is 2.62 bits per heavy atom. The predicted octanol–water partition coefficient (Wildman–Crippen LogP) is -0.0238. The molecule has 0 radical (unpaired) electrons. The van der Waals surface area contributed by atoms with Crippen LogP contribution in [0.4, 0.5) is 0 Å². The fraction of sp³-hybridized carbons (Fsp3) is 0.857. The van der Waals surface area contributed by atoms with Crippen LogP contribution in [-0.2, 0) is 19.4 Å². The molecule has 6 nitrogen and oxygen atoms in total. The summed E-state index contributed by atoms with van der Waals surface area (Å²) in [7, 11) is -4.84. The number of carbonyl (C=O) groups excluding carboxylic acids is 1. The van der Waals surface area contributed by atoms with Crippen molar-refractivity contribution < 1.29 is 56.6 Å². The van der Waals surface area contributed by atoms with E-state index in [1.165, 1.54) is 5.57 Å². The van der Waals surface area contributed by atoms with Crippen molar-refractivity contribution in [3.63, 3.8) is 0 Å². The fourth-order valence-electron chi connectivity index (χ4n) is 7.40. The number of aliphatic hydroxyl groups excluding tert-OH is 1. The van der Waals surface area contributed by atoms with E-state index in [9.17, 15) is 22.9 Å². The average Bonchev–Trinajstić information content (AvgIpc) is 2.97. The van der Waals surface area contributed by atoms with Crippen molar-refractivity contribution in [3.8, 4) is 0 Å². The molecule has 3 saturated carbocycles. The summed E-state index contributed by atoms with van der Waals surface area (Å²) in [6.07, 6.45) is 9.57. The summed E-state index contributed by atoms with van der Waals surface area (Å²) in [5.41, 5.74) is 1.44. The summed E-state index contributed by atoms with van der Waals surface area (Å²) in [5.74, 6) is 1.08. The van der Waals surface area contributed by atoms with Gasteiger partial charge in [-0.15, -0.1) is 0 Å². The Kier molecular flexibility index (Phi) is 6.84. The molecule has 7 atom stereocenters. The zero-order valence-corrected chi connectivity index (χ0v) is 20.5. The summed E-state index contributed by atoms with van der Waals surface area (Å²) in [6, 6.07) is 0. The zero-order valence-electron chi connectivity index (χ0n) is 17.7. The van der Waals surface area contributed by atoms with Crippen LogP contribution in [0.15, 0.2) is 11.6 Å². The number of rotatable bonds is 4. The third-order valence-electron chi connectivity index (χ3n) is 8.81. The number of hydrogen-bond donors (Lipinski definition) is 1. The van der Waals surface area contributed by atoms with Crippen LogP contribution >= 0.6 is 0 Å². The van der Waals surface area contributed by atoms with Crippen LogP contribution in [0.25, 0.3) is 0 Å². The molecule has 0 bridgehead atoms. The van der Waals surface area contributed by atoms with Gasteiger partial charge in [0, 0.05) is 5.92 Å². The van der Waals surface area contributed by atoms with E-state index in [1.54, 1.807) is 0 Å². The maximum absolute atomic E-state index is 12.7. The van der Waals surface area contributed by atoms with Gasteiger partial charge in [-0.3, -0.25) is 8.98 Å². The summed E-state index contributed by atoms with van der Waals surface area (Å²) >= 11 is 0. The first-order valence-electron chi connectivity index (χ1n) is 10.5. The SMILES string of the molecule is C[C@]12CC[C@H]3[C@@H](CC=C4C[C@@H](O)CC[C@@]43C)[C@@H]1CC[C@@H]2C(=O)COS(=O)(=O)[O-].[Na+]. The number of fused-ring (bicyclic) bond motifs is 5. The van der Waals surface area contributed by atoms with Crippen molar-refractivity contribution in [2.45, 2.75) is 71.3 Å². The Labute approximate surface area is 196 Å². The van der Waals surface area contributed by atoms with E-state index in [0.29, 0.717) is 17.8 Å². The minimum atomic E-state index is -4.84. The molecule has 29 heavy (non-hydrogen) atoms. The quantitative estimate of drug-likeness (QED) is 0.289. The fourth-order valence-corrected chi connectivity index (χ4v) is 7.66. The largest absolute Gasteiger partial charge is 1.00 e. The van der Waals surface area contributed by atoms with Gasteiger partial charge in [-0.25, -0.2) is 8.42 Å². The van der Waals surface area contributed by atoms with Gasteiger partial charge in [-0.05, 0) is 80.0 Å². The van der Waals surface area contributed by atoms with E-state index >= 15 is 0 Å². The number of hydrogen-bond acceptors (Lipinski definition) is 6. The Morgan fingerprint density at radius 1 is 1.21 bits per heavy atom. The molecular weight excluding hydrogens is 403 g/mol. The first kappa shape index (κ1) is 23.9. The van der Waals surface area contributed by atoms with Crippen LogP contribution in [0.1, 0.15) is 65.2 Å². The zero-order chi connectivity index (χ0) is 20.3. The predicted molar refractivity (Wildman–Crippen MR) is 102 cm³/mol. The van der Waals surface area contributed by atoms with Gasteiger partial charge < -0.3 is 9.66 Å². The van der Waals surface area contributed by atoms with Crippen LogP contribution in [0.5, 0.6) is 0 Å². The van der Waals surface area contributed by atoms with Crippen molar-refractivity contribution in [2.75, 3.05) is 6.61 Å². The summed E-state index contributed by atoms with van der Waals surface area (Å²) in [4.78, 5) is 12.7. The summed E-state index contributed by atoms with van der Waals surface area (Å²) in [6.45, 7) is 3.92. The van der Waals surface area contributed by atoms with E-state index in [2.05, 4.69) is 24.1 Å². The van der Waals surface area contributed by atoms with Crippen molar-refractivity contribution in [1.82, 2.24) is 0 Å². The molecule has 0 unspecified atom stereocenters. The van der Waals surface area contributed by atoms with Crippen LogP contribution < -0.4 is 29.6 Å². The van der Waals surface area contributed by atoms with Gasteiger partial charge in [0.1, 0.15) is 6.61 Å². The normalized spacial score (nSPS) is 44.0. The van der Waals surface area contributed by atoms with E-state index in [0.717, 1.165) is 51.4 Å². The molecule has 8 heteroatoms. The molecule has 0 saturated heterocycles. The van der Waals surface area contributed by atoms with Gasteiger partial charge in [0.25, 0.3) is 0 Å². The molecular formula is C21H31NaO6S. The molecule has 0 aliphatic heterocycles. The average molecular weight is 435 g/mol. The molecule has 0 aromatic carbocycles. The van der Waals surface area contributed by atoms with Gasteiger partial charge in [0.15, 0.2) is 5.78 Å². The summed E-state index contributed by atoms with van der Waals surface area (Å²) in [5, 5.41) is 10.1. The van der Waals surface area contributed by atoms with Gasteiger partial charge in [-0.1, -0.05) is 25.5 Å². The minimum Gasteiger partial charge on any atom is -0.726 e. The van der Waals surface area contributed by atoms with Crippen molar-refractivity contribution in [1.29, 1.82) is 0 Å². The maximum atomic E-state index is 12.7. The number of allylic oxidation sites excluding steroid dienone is 1. The molecule has 4 rings (SSSR count). The standard InChI is InChI=1S/C21H32O6S.Na/c1-20-9-7-14(22)11-13(20)3-4-15-16-5-6-18(19(23)12-27-28(24,25)26)21(16,2)10-8-17(15)20;/h3,14-18,22H,4-12H2,1-2H3,(H,24,25,26);/q;+1/p-1/t14-,15-,16-,17-,18+,20-,21-;/m0./s1. The second kappa shape index (κ2) is 8.30. The number of ketones is 1.